The monoisotopic (exact) mass is 364 g/mol. The smallest absolute Gasteiger partial charge is 0.272 e. The number of hydrogen-bond acceptors (Lipinski definition) is 4. The number of piperazine rings is 1. The number of likely N-dealkylation sites (N-methyl/N-ethyl adjacent to an activating group) is 1. The van der Waals surface area contributed by atoms with Crippen LogP contribution in [-0.4, -0.2) is 71.3 Å². The highest BCUT2D eigenvalue weighted by Crippen LogP contribution is 2.20. The zero-order valence-electron chi connectivity index (χ0n) is 15.6. The van der Waals surface area contributed by atoms with Crippen LogP contribution in [0.5, 0.6) is 0 Å². The molecule has 2 aliphatic heterocycles. The highest BCUT2D eigenvalue weighted by Gasteiger charge is 2.25. The molecule has 0 aliphatic carbocycles. The Balaban J connectivity index is 1.49. The number of carbonyl (C=O) groups is 2. The van der Waals surface area contributed by atoms with E-state index in [0.29, 0.717) is 37.4 Å². The average molecular weight is 364 g/mol. The van der Waals surface area contributed by atoms with E-state index in [9.17, 15) is 9.59 Å². The zero-order chi connectivity index (χ0) is 18.8. The Kier molecular flexibility index (Phi) is 4.90. The van der Waals surface area contributed by atoms with Crippen molar-refractivity contribution in [3.05, 3.63) is 65.0 Å². The van der Waals surface area contributed by atoms with Gasteiger partial charge in [-0.15, -0.1) is 0 Å². The molecule has 0 saturated carbocycles. The van der Waals surface area contributed by atoms with Gasteiger partial charge in [-0.2, -0.15) is 0 Å². The summed E-state index contributed by atoms with van der Waals surface area (Å²) < 4.78 is 0. The summed E-state index contributed by atoms with van der Waals surface area (Å²) in [6.07, 6.45) is 2.43. The van der Waals surface area contributed by atoms with E-state index in [2.05, 4.69) is 29.1 Å². The molecule has 6 heteroatoms. The lowest BCUT2D eigenvalue weighted by atomic mass is 9.99. The van der Waals surface area contributed by atoms with E-state index in [1.165, 1.54) is 11.1 Å². The van der Waals surface area contributed by atoms with Crippen molar-refractivity contribution in [1.82, 2.24) is 19.7 Å². The molecule has 3 heterocycles. The van der Waals surface area contributed by atoms with Crippen LogP contribution in [0.2, 0.25) is 0 Å². The largest absolute Gasteiger partial charge is 0.335 e. The molecular formula is C21H24N4O2. The van der Waals surface area contributed by atoms with Crippen molar-refractivity contribution in [2.75, 3.05) is 39.8 Å². The molecule has 27 heavy (non-hydrogen) atoms. The molecule has 6 nitrogen and oxygen atoms in total. The Morgan fingerprint density at radius 2 is 1.63 bits per heavy atom. The van der Waals surface area contributed by atoms with Crippen molar-refractivity contribution in [3.63, 3.8) is 0 Å². The Morgan fingerprint density at radius 3 is 2.41 bits per heavy atom. The third-order valence-electron chi connectivity index (χ3n) is 5.43. The van der Waals surface area contributed by atoms with Crippen LogP contribution in [0, 0.1) is 0 Å². The molecule has 1 aromatic heterocycles. The highest BCUT2D eigenvalue weighted by atomic mass is 16.2. The first kappa shape index (κ1) is 17.7. The summed E-state index contributed by atoms with van der Waals surface area (Å²) in [6, 6.07) is 11.6. The lowest BCUT2D eigenvalue weighted by Gasteiger charge is -2.32. The van der Waals surface area contributed by atoms with Crippen LogP contribution in [0.15, 0.2) is 42.6 Å². The van der Waals surface area contributed by atoms with E-state index in [1.54, 1.807) is 18.3 Å². The summed E-state index contributed by atoms with van der Waals surface area (Å²) in [5, 5.41) is 0. The number of hydrogen-bond donors (Lipinski definition) is 0. The third-order valence-corrected chi connectivity index (χ3v) is 5.43. The molecule has 0 N–H and O–H groups in total. The van der Waals surface area contributed by atoms with Gasteiger partial charge in [-0.05, 0) is 36.7 Å². The SMILES string of the molecule is CN1CCN(C(=O)c2cc(C(=O)N3CCc4ccccc4C3)ccn2)CC1. The summed E-state index contributed by atoms with van der Waals surface area (Å²) >= 11 is 0. The minimum absolute atomic E-state index is 0.0423. The van der Waals surface area contributed by atoms with Gasteiger partial charge in [0.15, 0.2) is 0 Å². The first-order chi connectivity index (χ1) is 13.1. The maximum atomic E-state index is 13.0. The predicted octanol–water partition coefficient (Wildman–Crippen LogP) is 1.67. The van der Waals surface area contributed by atoms with E-state index < -0.39 is 0 Å². The van der Waals surface area contributed by atoms with Crippen LogP contribution >= 0.6 is 0 Å². The molecule has 2 aliphatic rings. The normalized spacial score (nSPS) is 17.5. The lowest BCUT2D eigenvalue weighted by molar-refractivity contribution is 0.0658. The number of nitrogens with zero attached hydrogens (tertiary/aromatic N) is 4. The van der Waals surface area contributed by atoms with E-state index in [1.807, 2.05) is 21.9 Å². The Labute approximate surface area is 159 Å². The second kappa shape index (κ2) is 7.48. The standard InChI is InChI=1S/C21H24N4O2/c1-23-10-12-24(13-11-23)21(27)19-14-17(6-8-22-19)20(26)25-9-7-16-4-2-3-5-18(16)15-25/h2-6,8,14H,7,9-13,15H2,1H3. The predicted molar refractivity (Wildman–Crippen MR) is 103 cm³/mol. The van der Waals surface area contributed by atoms with Crippen molar-refractivity contribution >= 4 is 11.8 Å². The average Bonchev–Trinajstić information content (AvgIpc) is 2.73. The Bertz CT molecular complexity index is 859. The fourth-order valence-corrected chi connectivity index (χ4v) is 3.70. The second-order valence-electron chi connectivity index (χ2n) is 7.27. The van der Waals surface area contributed by atoms with Crippen molar-refractivity contribution in [2.45, 2.75) is 13.0 Å². The van der Waals surface area contributed by atoms with Gasteiger partial charge in [0.05, 0.1) is 0 Å². The van der Waals surface area contributed by atoms with E-state index in [0.717, 1.165) is 19.5 Å². The van der Waals surface area contributed by atoms with Crippen molar-refractivity contribution in [1.29, 1.82) is 0 Å². The molecule has 1 saturated heterocycles. The molecule has 0 spiro atoms. The Hall–Kier alpha value is -2.73. The number of rotatable bonds is 2. The van der Waals surface area contributed by atoms with Gasteiger partial charge in [-0.25, -0.2) is 0 Å². The maximum Gasteiger partial charge on any atom is 0.272 e. The molecule has 1 fully saturated rings. The fraction of sp³-hybridized carbons (Fsp3) is 0.381. The van der Waals surface area contributed by atoms with Gasteiger partial charge in [0.25, 0.3) is 11.8 Å². The van der Waals surface area contributed by atoms with Gasteiger partial charge < -0.3 is 14.7 Å². The van der Waals surface area contributed by atoms with E-state index in [-0.39, 0.29) is 11.8 Å². The quantitative estimate of drug-likeness (QED) is 0.813. The molecule has 0 bridgehead atoms. The fourth-order valence-electron chi connectivity index (χ4n) is 3.70. The van der Waals surface area contributed by atoms with Crippen molar-refractivity contribution in [2.24, 2.45) is 0 Å². The topological polar surface area (TPSA) is 56.8 Å². The van der Waals surface area contributed by atoms with Gasteiger partial charge in [0.1, 0.15) is 5.69 Å². The number of aromatic nitrogens is 1. The van der Waals surface area contributed by atoms with Crippen LogP contribution in [0.1, 0.15) is 32.0 Å². The third kappa shape index (κ3) is 3.71. The number of amides is 2. The van der Waals surface area contributed by atoms with Crippen molar-refractivity contribution in [3.8, 4) is 0 Å². The maximum absolute atomic E-state index is 13.0. The number of benzene rings is 1. The molecule has 2 aromatic rings. The van der Waals surface area contributed by atoms with Crippen molar-refractivity contribution < 1.29 is 9.59 Å². The van der Waals surface area contributed by atoms with Crippen LogP contribution < -0.4 is 0 Å². The summed E-state index contributed by atoms with van der Waals surface area (Å²) in [6.45, 7) is 4.41. The number of fused-ring (bicyclic) bond motifs is 1. The van der Waals surface area contributed by atoms with Crippen LogP contribution in [-0.2, 0) is 13.0 Å². The minimum atomic E-state index is -0.0956. The summed E-state index contributed by atoms with van der Waals surface area (Å²) in [5.74, 6) is -0.138. The molecule has 4 rings (SSSR count). The first-order valence-corrected chi connectivity index (χ1v) is 9.42. The highest BCUT2D eigenvalue weighted by molar-refractivity contribution is 5.98. The summed E-state index contributed by atoms with van der Waals surface area (Å²) in [7, 11) is 2.05. The second-order valence-corrected chi connectivity index (χ2v) is 7.27. The molecular weight excluding hydrogens is 340 g/mol. The van der Waals surface area contributed by atoms with Gasteiger partial charge in [0, 0.05) is 51.0 Å². The first-order valence-electron chi connectivity index (χ1n) is 9.42. The number of pyridine rings is 1. The summed E-state index contributed by atoms with van der Waals surface area (Å²) in [5.41, 5.74) is 3.38. The molecule has 1 aromatic carbocycles. The molecule has 2 amide bonds. The molecule has 0 unspecified atom stereocenters. The molecule has 0 atom stereocenters. The van der Waals surface area contributed by atoms with E-state index >= 15 is 0 Å². The van der Waals surface area contributed by atoms with Gasteiger partial charge in [-0.3, -0.25) is 14.6 Å². The lowest BCUT2D eigenvalue weighted by Crippen LogP contribution is -2.47. The van der Waals surface area contributed by atoms with Crippen LogP contribution in [0.3, 0.4) is 0 Å². The van der Waals surface area contributed by atoms with E-state index in [4.69, 9.17) is 0 Å². The molecule has 0 radical (unpaired) electrons. The number of carbonyl (C=O) groups excluding carboxylic acids is 2. The molecule has 140 valence electrons. The van der Waals surface area contributed by atoms with Gasteiger partial charge >= 0.3 is 0 Å². The van der Waals surface area contributed by atoms with Crippen LogP contribution in [0.25, 0.3) is 0 Å². The summed E-state index contributed by atoms with van der Waals surface area (Å²) in [4.78, 5) is 35.8. The van der Waals surface area contributed by atoms with Gasteiger partial charge in [0.2, 0.25) is 0 Å². The Morgan fingerprint density at radius 1 is 0.889 bits per heavy atom. The van der Waals surface area contributed by atoms with Crippen LogP contribution in [0.4, 0.5) is 0 Å². The van der Waals surface area contributed by atoms with Gasteiger partial charge in [-0.1, -0.05) is 24.3 Å². The minimum Gasteiger partial charge on any atom is -0.335 e. The zero-order valence-corrected chi connectivity index (χ0v) is 15.6.